The lowest BCUT2D eigenvalue weighted by Crippen LogP contribution is -2.43. The second-order valence-corrected chi connectivity index (χ2v) is 5.69. The summed E-state index contributed by atoms with van der Waals surface area (Å²) in [6.45, 7) is 5.42. The van der Waals surface area contributed by atoms with Crippen molar-refractivity contribution in [2.24, 2.45) is 0 Å². The number of hydrogen-bond acceptors (Lipinski definition) is 3. The molecule has 1 fully saturated rings. The smallest absolute Gasteiger partial charge is 0.220 e. The standard InChI is InChI=1S/C16H25N3O/c1-14(13-19-11-3-2-4-12-19)18-16(20)6-5-15-7-9-17-10-8-15/h7-10,14H,2-6,11-13H2,1H3,(H,18,20). The van der Waals surface area contributed by atoms with Gasteiger partial charge < -0.3 is 10.2 Å². The van der Waals surface area contributed by atoms with Crippen LogP contribution < -0.4 is 5.32 Å². The molecular weight excluding hydrogens is 250 g/mol. The Morgan fingerprint density at radius 1 is 1.30 bits per heavy atom. The Bertz CT molecular complexity index is 401. The topological polar surface area (TPSA) is 45.2 Å². The zero-order valence-electron chi connectivity index (χ0n) is 12.3. The van der Waals surface area contributed by atoms with Gasteiger partial charge in [-0.05, 0) is 57.0 Å². The third-order valence-electron chi connectivity index (χ3n) is 3.78. The van der Waals surface area contributed by atoms with Gasteiger partial charge in [0.15, 0.2) is 0 Å². The van der Waals surface area contributed by atoms with Gasteiger partial charge in [-0.3, -0.25) is 9.78 Å². The number of likely N-dealkylation sites (tertiary alicyclic amines) is 1. The summed E-state index contributed by atoms with van der Waals surface area (Å²) in [7, 11) is 0. The average molecular weight is 275 g/mol. The van der Waals surface area contributed by atoms with Gasteiger partial charge in [-0.25, -0.2) is 0 Å². The largest absolute Gasteiger partial charge is 0.352 e. The van der Waals surface area contributed by atoms with Crippen molar-refractivity contribution < 1.29 is 4.79 Å². The van der Waals surface area contributed by atoms with Crippen molar-refractivity contribution >= 4 is 5.91 Å². The summed E-state index contributed by atoms with van der Waals surface area (Å²) in [4.78, 5) is 18.4. The molecule has 1 aromatic heterocycles. The summed E-state index contributed by atoms with van der Waals surface area (Å²) in [5, 5.41) is 3.10. The van der Waals surface area contributed by atoms with E-state index in [1.54, 1.807) is 12.4 Å². The number of piperidine rings is 1. The fourth-order valence-electron chi connectivity index (χ4n) is 2.73. The number of nitrogens with zero attached hydrogens (tertiary/aromatic N) is 2. The first-order valence-corrected chi connectivity index (χ1v) is 7.64. The summed E-state index contributed by atoms with van der Waals surface area (Å²) >= 11 is 0. The Morgan fingerprint density at radius 2 is 2.00 bits per heavy atom. The number of nitrogens with one attached hydrogen (secondary N) is 1. The molecule has 0 spiro atoms. The van der Waals surface area contributed by atoms with Crippen molar-refractivity contribution in [3.8, 4) is 0 Å². The molecule has 1 aliphatic heterocycles. The van der Waals surface area contributed by atoms with Gasteiger partial charge in [-0.2, -0.15) is 0 Å². The molecule has 1 aliphatic rings. The molecule has 110 valence electrons. The molecule has 0 radical (unpaired) electrons. The van der Waals surface area contributed by atoms with Crippen LogP contribution in [0.3, 0.4) is 0 Å². The highest BCUT2D eigenvalue weighted by atomic mass is 16.1. The Labute approximate surface area is 121 Å². The van der Waals surface area contributed by atoms with E-state index in [0.29, 0.717) is 6.42 Å². The molecule has 0 aromatic carbocycles. The van der Waals surface area contributed by atoms with Crippen LogP contribution in [0.4, 0.5) is 0 Å². The SMILES string of the molecule is CC(CN1CCCCC1)NC(=O)CCc1ccncc1. The van der Waals surface area contributed by atoms with Crippen LogP contribution >= 0.6 is 0 Å². The summed E-state index contributed by atoms with van der Waals surface area (Å²) in [6, 6.07) is 4.16. The molecule has 4 heteroatoms. The van der Waals surface area contributed by atoms with E-state index in [4.69, 9.17) is 0 Å². The van der Waals surface area contributed by atoms with Crippen molar-refractivity contribution in [2.75, 3.05) is 19.6 Å². The molecule has 0 aliphatic carbocycles. The molecule has 0 saturated carbocycles. The predicted octanol–water partition coefficient (Wildman–Crippen LogP) is 2.00. The van der Waals surface area contributed by atoms with Crippen molar-refractivity contribution in [1.82, 2.24) is 15.2 Å². The van der Waals surface area contributed by atoms with Crippen LogP contribution in [-0.2, 0) is 11.2 Å². The Kier molecular flexibility index (Phi) is 5.99. The van der Waals surface area contributed by atoms with E-state index in [9.17, 15) is 4.79 Å². The molecule has 1 saturated heterocycles. The van der Waals surface area contributed by atoms with Crippen LogP contribution in [0.1, 0.15) is 38.2 Å². The summed E-state index contributed by atoms with van der Waals surface area (Å²) in [5.41, 5.74) is 1.17. The minimum atomic E-state index is 0.145. The van der Waals surface area contributed by atoms with Gasteiger partial charge >= 0.3 is 0 Å². The van der Waals surface area contributed by atoms with E-state index < -0.39 is 0 Å². The van der Waals surface area contributed by atoms with E-state index in [0.717, 1.165) is 13.0 Å². The number of amides is 1. The van der Waals surface area contributed by atoms with Crippen LogP contribution in [0.2, 0.25) is 0 Å². The van der Waals surface area contributed by atoms with Gasteiger partial charge in [0.05, 0.1) is 0 Å². The first kappa shape index (κ1) is 15.0. The van der Waals surface area contributed by atoms with E-state index in [1.807, 2.05) is 12.1 Å². The van der Waals surface area contributed by atoms with Crippen LogP contribution in [0, 0.1) is 0 Å². The van der Waals surface area contributed by atoms with Crippen LogP contribution in [-0.4, -0.2) is 41.5 Å². The summed E-state index contributed by atoms with van der Waals surface area (Å²) in [6.07, 6.45) is 8.81. The Morgan fingerprint density at radius 3 is 2.70 bits per heavy atom. The lowest BCUT2D eigenvalue weighted by atomic mass is 10.1. The number of aromatic nitrogens is 1. The van der Waals surface area contributed by atoms with Gasteiger partial charge in [0.2, 0.25) is 5.91 Å². The maximum Gasteiger partial charge on any atom is 0.220 e. The second kappa shape index (κ2) is 8.00. The van der Waals surface area contributed by atoms with E-state index in [1.165, 1.54) is 37.9 Å². The van der Waals surface area contributed by atoms with Crippen molar-refractivity contribution in [3.05, 3.63) is 30.1 Å². The van der Waals surface area contributed by atoms with Gasteiger partial charge in [0.1, 0.15) is 0 Å². The summed E-state index contributed by atoms with van der Waals surface area (Å²) in [5.74, 6) is 0.145. The Hall–Kier alpha value is -1.42. The normalized spacial score (nSPS) is 17.6. The molecule has 1 N–H and O–H groups in total. The van der Waals surface area contributed by atoms with E-state index >= 15 is 0 Å². The highest BCUT2D eigenvalue weighted by molar-refractivity contribution is 5.76. The maximum absolute atomic E-state index is 11.9. The summed E-state index contributed by atoms with van der Waals surface area (Å²) < 4.78 is 0. The van der Waals surface area contributed by atoms with Gasteiger partial charge in [-0.15, -0.1) is 0 Å². The lowest BCUT2D eigenvalue weighted by molar-refractivity contribution is -0.121. The number of rotatable bonds is 6. The predicted molar refractivity (Wildman–Crippen MR) is 80.5 cm³/mol. The number of pyridine rings is 1. The first-order valence-electron chi connectivity index (χ1n) is 7.64. The minimum Gasteiger partial charge on any atom is -0.352 e. The third kappa shape index (κ3) is 5.29. The van der Waals surface area contributed by atoms with Crippen LogP contribution in [0.25, 0.3) is 0 Å². The molecule has 1 aromatic rings. The molecule has 4 nitrogen and oxygen atoms in total. The molecule has 2 rings (SSSR count). The molecule has 0 bridgehead atoms. The molecule has 1 amide bonds. The molecular formula is C16H25N3O. The minimum absolute atomic E-state index is 0.145. The monoisotopic (exact) mass is 275 g/mol. The second-order valence-electron chi connectivity index (χ2n) is 5.69. The lowest BCUT2D eigenvalue weighted by Gasteiger charge is -2.29. The highest BCUT2D eigenvalue weighted by Crippen LogP contribution is 2.09. The molecule has 1 unspecified atom stereocenters. The first-order chi connectivity index (χ1) is 9.74. The molecule has 1 atom stereocenters. The maximum atomic E-state index is 11.9. The van der Waals surface area contributed by atoms with Crippen molar-refractivity contribution in [2.45, 2.75) is 45.1 Å². The van der Waals surface area contributed by atoms with Gasteiger partial charge in [0.25, 0.3) is 0 Å². The van der Waals surface area contributed by atoms with Gasteiger partial charge in [0, 0.05) is 31.4 Å². The van der Waals surface area contributed by atoms with E-state index in [2.05, 4.69) is 22.1 Å². The zero-order chi connectivity index (χ0) is 14.2. The average Bonchev–Trinajstić information content (AvgIpc) is 2.47. The number of hydrogen-bond donors (Lipinski definition) is 1. The zero-order valence-corrected chi connectivity index (χ0v) is 12.3. The number of carbonyl (C=O) groups is 1. The van der Waals surface area contributed by atoms with Gasteiger partial charge in [-0.1, -0.05) is 6.42 Å². The van der Waals surface area contributed by atoms with Crippen molar-refractivity contribution in [1.29, 1.82) is 0 Å². The Balaban J connectivity index is 1.65. The van der Waals surface area contributed by atoms with Crippen molar-refractivity contribution in [3.63, 3.8) is 0 Å². The molecule has 2 heterocycles. The highest BCUT2D eigenvalue weighted by Gasteiger charge is 2.14. The third-order valence-corrected chi connectivity index (χ3v) is 3.78. The van der Waals surface area contributed by atoms with Crippen LogP contribution in [0.15, 0.2) is 24.5 Å². The quantitative estimate of drug-likeness (QED) is 0.863. The fourth-order valence-corrected chi connectivity index (χ4v) is 2.73. The number of carbonyl (C=O) groups excluding carboxylic acids is 1. The fraction of sp³-hybridized carbons (Fsp3) is 0.625. The van der Waals surface area contributed by atoms with E-state index in [-0.39, 0.29) is 11.9 Å². The molecule has 20 heavy (non-hydrogen) atoms. The number of aryl methyl sites for hydroxylation is 1. The van der Waals surface area contributed by atoms with Crippen LogP contribution in [0.5, 0.6) is 0 Å².